The third kappa shape index (κ3) is 13.4. The number of nitrogens with one attached hydrogen (secondary N) is 2. The van der Waals surface area contributed by atoms with Crippen molar-refractivity contribution in [3.63, 3.8) is 0 Å². The van der Waals surface area contributed by atoms with Crippen molar-refractivity contribution >= 4 is 32.1 Å². The van der Waals surface area contributed by atoms with Crippen molar-refractivity contribution in [2.24, 2.45) is 80.8 Å². The van der Waals surface area contributed by atoms with Crippen molar-refractivity contribution in [2.75, 3.05) is 13.2 Å². The standard InChI is InChI=1S/C72H108N2O9S2/c1-47-19-25-57(26-20-47)84(77,78)81-43-15-11-13-17-67(53-35-39-69(7)55(45-53)23-29-59-63-33-31-61(49(3)73-51(5)75)71(63,9)41-37-65(59)69)83-68(18-14-12-16-44-82-85(79,80)58-27-21-48(2)22-28-58)54-36-40-70(8)56(46-54)24-30-60-64-34-32-62(50(4)74-52(6)76)72(64,10)42-38-66(60)70/h19-28,49-50,53-54,59-68H,11-18,29-46H2,1-10H3,(H,73,75)(H,74,76)/t49-,50-,53-,54-,59?,60?,61+,62+,63?,64?,65?,66?,67?,68?,69-,70-,71+,72+/m0/s1. The first-order valence-electron chi connectivity index (χ1n) is 33.9. The van der Waals surface area contributed by atoms with Crippen LogP contribution in [0.3, 0.4) is 0 Å². The highest BCUT2D eigenvalue weighted by Crippen LogP contribution is 2.69. The highest BCUT2D eigenvalue weighted by Gasteiger charge is 2.62. The Balaban J connectivity index is 0.872. The average Bonchev–Trinajstić information content (AvgIpc) is 2.12. The molecule has 6 fully saturated rings. The number of aryl methyl sites for hydroxylation is 2. The van der Waals surface area contributed by atoms with E-state index in [0.29, 0.717) is 72.0 Å². The van der Waals surface area contributed by atoms with Crippen LogP contribution in [0.5, 0.6) is 0 Å². The number of rotatable bonds is 24. The predicted molar refractivity (Wildman–Crippen MR) is 338 cm³/mol. The molecule has 10 rings (SSSR count). The van der Waals surface area contributed by atoms with Gasteiger partial charge in [0.25, 0.3) is 20.2 Å². The minimum Gasteiger partial charge on any atom is -0.374 e. The van der Waals surface area contributed by atoms with Crippen molar-refractivity contribution in [2.45, 2.75) is 257 Å². The van der Waals surface area contributed by atoms with Gasteiger partial charge in [0.15, 0.2) is 0 Å². The zero-order valence-electron chi connectivity index (χ0n) is 53.7. The van der Waals surface area contributed by atoms with Gasteiger partial charge in [-0.25, -0.2) is 0 Å². The first kappa shape index (κ1) is 64.6. The molecule has 8 aliphatic rings. The number of hydrogen-bond donors (Lipinski definition) is 2. The average molecular weight is 1210 g/mol. The molecule has 85 heavy (non-hydrogen) atoms. The second-order valence-electron chi connectivity index (χ2n) is 30.0. The fourth-order valence-electron chi connectivity index (χ4n) is 20.8. The van der Waals surface area contributed by atoms with E-state index in [1.54, 1.807) is 49.3 Å². The summed E-state index contributed by atoms with van der Waals surface area (Å²) >= 11 is 0. The van der Waals surface area contributed by atoms with Crippen molar-refractivity contribution in [1.82, 2.24) is 10.6 Å². The van der Waals surface area contributed by atoms with Crippen molar-refractivity contribution < 1.29 is 39.5 Å². The summed E-state index contributed by atoms with van der Waals surface area (Å²) in [6.45, 7) is 22.3. The Morgan fingerprint density at radius 3 is 1.28 bits per heavy atom. The molecule has 0 spiro atoms. The van der Waals surface area contributed by atoms with E-state index in [4.69, 9.17) is 13.1 Å². The van der Waals surface area contributed by atoms with Gasteiger partial charge in [-0.15, -0.1) is 0 Å². The molecule has 18 atom stereocenters. The summed E-state index contributed by atoms with van der Waals surface area (Å²) in [7, 11) is -7.69. The first-order chi connectivity index (χ1) is 40.4. The van der Waals surface area contributed by atoms with Gasteiger partial charge in [0.1, 0.15) is 0 Å². The lowest BCUT2D eigenvalue weighted by molar-refractivity contribution is -0.121. The number of hydrogen-bond acceptors (Lipinski definition) is 9. The third-order valence-electron chi connectivity index (χ3n) is 25.3. The van der Waals surface area contributed by atoms with Gasteiger partial charge in [0.05, 0.1) is 35.2 Å². The van der Waals surface area contributed by atoms with Crippen molar-refractivity contribution in [3.8, 4) is 0 Å². The SMILES string of the molecule is CC(=O)N[C@@H](C)[C@H]1CCC2C3CC=C4C[C@@H](C(CCCCCOS(=O)(=O)c5ccc(C)cc5)OC(CCCCCOS(=O)(=O)c5ccc(C)cc5)[C@H]5CC[C@@]6(C)C(=CCC7C6CC[C@@]6(C)C7CC[C@@H]6[C@H](C)NC(C)=O)C5)CC[C@]4(C)C3CC[C@@]21C. The molecule has 2 N–H and O–H groups in total. The van der Waals surface area contributed by atoms with E-state index in [2.05, 4.69) is 64.3 Å². The number of benzene rings is 2. The van der Waals surface area contributed by atoms with Crippen LogP contribution in [0.4, 0.5) is 0 Å². The Morgan fingerprint density at radius 2 is 0.906 bits per heavy atom. The lowest BCUT2D eigenvalue weighted by atomic mass is 9.46. The molecular formula is C72H108N2O9S2. The maximum atomic E-state index is 13.2. The zero-order valence-corrected chi connectivity index (χ0v) is 55.4. The van der Waals surface area contributed by atoms with Gasteiger partial charge in [0, 0.05) is 25.9 Å². The number of carbonyl (C=O) groups is 2. The summed E-state index contributed by atoms with van der Waals surface area (Å²) in [6.07, 6.45) is 31.1. The highest BCUT2D eigenvalue weighted by molar-refractivity contribution is 7.87. The Kier molecular flexibility index (Phi) is 19.9. The number of carbonyl (C=O) groups excluding carboxylic acids is 2. The summed E-state index contributed by atoms with van der Waals surface area (Å²) in [6, 6.07) is 14.1. The highest BCUT2D eigenvalue weighted by atomic mass is 32.2. The number of ether oxygens (including phenoxy) is 1. The molecule has 0 radical (unpaired) electrons. The molecule has 2 aromatic carbocycles. The van der Waals surface area contributed by atoms with Crippen LogP contribution >= 0.6 is 0 Å². The molecule has 0 heterocycles. The fraction of sp³-hybridized carbons (Fsp3) is 0.750. The van der Waals surface area contributed by atoms with Crippen LogP contribution in [0.1, 0.15) is 221 Å². The monoisotopic (exact) mass is 1210 g/mol. The van der Waals surface area contributed by atoms with E-state index in [0.717, 1.165) is 88.2 Å². The van der Waals surface area contributed by atoms with Crippen molar-refractivity contribution in [3.05, 3.63) is 83.0 Å². The molecule has 0 saturated heterocycles. The van der Waals surface area contributed by atoms with Crippen LogP contribution in [-0.2, 0) is 42.9 Å². The normalized spacial score (nSPS) is 35.7. The van der Waals surface area contributed by atoms with E-state index in [1.807, 2.05) is 38.1 Å². The minimum atomic E-state index is -3.84. The Hall–Kier alpha value is -3.36. The van der Waals surface area contributed by atoms with Gasteiger partial charge in [-0.3, -0.25) is 18.0 Å². The van der Waals surface area contributed by atoms with Crippen LogP contribution in [0.2, 0.25) is 0 Å². The smallest absolute Gasteiger partial charge is 0.296 e. The molecule has 13 heteroatoms. The molecule has 0 aromatic heterocycles. The fourth-order valence-corrected chi connectivity index (χ4v) is 22.7. The Morgan fingerprint density at radius 1 is 0.518 bits per heavy atom. The second kappa shape index (κ2) is 26.2. The van der Waals surface area contributed by atoms with E-state index in [-0.39, 0.29) is 80.8 Å². The van der Waals surface area contributed by atoms with E-state index in [1.165, 1.54) is 64.2 Å². The first-order valence-corrected chi connectivity index (χ1v) is 36.7. The molecule has 11 nitrogen and oxygen atoms in total. The molecule has 0 aliphatic heterocycles. The molecule has 8 aliphatic carbocycles. The summed E-state index contributed by atoms with van der Waals surface area (Å²) in [5, 5.41) is 6.59. The van der Waals surface area contributed by atoms with Crippen molar-refractivity contribution in [1.29, 1.82) is 0 Å². The summed E-state index contributed by atoms with van der Waals surface area (Å²) in [4.78, 5) is 24.9. The lowest BCUT2D eigenvalue weighted by Crippen LogP contribution is -2.53. The van der Waals surface area contributed by atoms with E-state index < -0.39 is 20.2 Å². The van der Waals surface area contributed by atoms with Crippen LogP contribution in [0, 0.1) is 94.7 Å². The van der Waals surface area contributed by atoms with Gasteiger partial charge >= 0.3 is 0 Å². The zero-order chi connectivity index (χ0) is 60.7. The molecular weight excluding hydrogens is 1100 g/mol. The number of allylic oxidation sites excluding steroid dienone is 4. The number of amides is 2. The summed E-state index contributed by atoms with van der Waals surface area (Å²) in [5.74, 6) is 5.98. The summed E-state index contributed by atoms with van der Waals surface area (Å²) in [5.41, 5.74) is 6.15. The topological polar surface area (TPSA) is 154 Å². The van der Waals surface area contributed by atoms with Gasteiger partial charge in [-0.2, -0.15) is 16.8 Å². The largest absolute Gasteiger partial charge is 0.374 e. The maximum absolute atomic E-state index is 13.2. The molecule has 2 amide bonds. The van der Waals surface area contributed by atoms with Crippen LogP contribution < -0.4 is 10.6 Å². The van der Waals surface area contributed by atoms with Gasteiger partial charge < -0.3 is 15.4 Å². The number of fused-ring (bicyclic) bond motifs is 10. The minimum absolute atomic E-state index is 0.0538. The lowest BCUT2D eigenvalue weighted by Gasteiger charge is -2.59. The van der Waals surface area contributed by atoms with Gasteiger partial charge in [-0.1, -0.05) is 112 Å². The van der Waals surface area contributed by atoms with Gasteiger partial charge in [-0.05, 0) is 261 Å². The van der Waals surface area contributed by atoms with Crippen LogP contribution in [0.25, 0.3) is 0 Å². The quantitative estimate of drug-likeness (QED) is 0.0594. The maximum Gasteiger partial charge on any atom is 0.296 e. The Bertz CT molecular complexity index is 2760. The van der Waals surface area contributed by atoms with Gasteiger partial charge in [0.2, 0.25) is 11.8 Å². The van der Waals surface area contributed by atoms with Crippen LogP contribution in [0.15, 0.2) is 81.6 Å². The number of unbranched alkanes of at least 4 members (excludes halogenated alkanes) is 4. The molecule has 0 bridgehead atoms. The molecule has 472 valence electrons. The third-order valence-corrected chi connectivity index (χ3v) is 27.9. The molecule has 8 unspecified atom stereocenters. The van der Waals surface area contributed by atoms with E-state index in [9.17, 15) is 26.4 Å². The summed E-state index contributed by atoms with van der Waals surface area (Å²) < 4.78 is 71.9. The second-order valence-corrected chi connectivity index (χ2v) is 33.3. The predicted octanol–water partition coefficient (Wildman–Crippen LogP) is 15.7. The Labute approximate surface area is 513 Å². The molecule has 6 saturated carbocycles. The van der Waals surface area contributed by atoms with E-state index >= 15 is 0 Å². The van der Waals surface area contributed by atoms with Crippen LogP contribution in [-0.4, -0.2) is 66.2 Å². The molecule has 2 aromatic rings.